The molecule has 0 saturated carbocycles. The van der Waals surface area contributed by atoms with Gasteiger partial charge in [0.2, 0.25) is 5.70 Å². The number of ketones is 1. The molecule has 0 unspecified atom stereocenters. The van der Waals surface area contributed by atoms with Gasteiger partial charge in [0.25, 0.3) is 0 Å². The van der Waals surface area contributed by atoms with Crippen molar-refractivity contribution in [2.24, 2.45) is 11.8 Å². The van der Waals surface area contributed by atoms with Crippen molar-refractivity contribution in [3.8, 4) is 16.9 Å². The van der Waals surface area contributed by atoms with E-state index >= 15 is 0 Å². The molecule has 0 spiro atoms. The molecule has 0 bridgehead atoms. The zero-order valence-electron chi connectivity index (χ0n) is 19.7. The molecule has 1 heterocycles. The molecule has 0 aliphatic heterocycles. The standard InChI is InChI=1S/C29H29N3O/c1-18(2)20-11-13-22(14-12-20)32-26(21-9-7-6-8-10-21)23-15-16-24-19(3)27(33)25(30-5)17-29(24,4)28(23)31-32/h6-14,17-19,24H,15-16H2,1-4H3/t19-,24-,29-/m1/s1. The first-order valence-electron chi connectivity index (χ1n) is 11.8. The molecule has 3 aromatic rings. The summed E-state index contributed by atoms with van der Waals surface area (Å²) in [4.78, 5) is 16.3. The van der Waals surface area contributed by atoms with Crippen LogP contribution in [0.25, 0.3) is 21.8 Å². The smallest absolute Gasteiger partial charge is 0.226 e. The number of aromatic nitrogens is 2. The molecule has 166 valence electrons. The van der Waals surface area contributed by atoms with Gasteiger partial charge in [-0.25, -0.2) is 9.53 Å². The Labute approximate surface area is 195 Å². The molecule has 2 aliphatic rings. The summed E-state index contributed by atoms with van der Waals surface area (Å²) in [5.41, 5.74) is 6.64. The highest BCUT2D eigenvalue weighted by atomic mass is 16.1. The van der Waals surface area contributed by atoms with E-state index in [-0.39, 0.29) is 23.3 Å². The van der Waals surface area contributed by atoms with Gasteiger partial charge < -0.3 is 4.79 Å². The molecule has 5 rings (SSSR count). The number of carbonyl (C=O) groups excluding carboxylic acids is 1. The summed E-state index contributed by atoms with van der Waals surface area (Å²) >= 11 is 0. The van der Waals surface area contributed by atoms with Gasteiger partial charge in [-0.05, 0) is 42.4 Å². The monoisotopic (exact) mass is 435 g/mol. The van der Waals surface area contributed by atoms with Crippen LogP contribution in [0.2, 0.25) is 0 Å². The minimum absolute atomic E-state index is 0.0251. The van der Waals surface area contributed by atoms with Crippen LogP contribution in [0.4, 0.5) is 0 Å². The van der Waals surface area contributed by atoms with Gasteiger partial charge in [-0.2, -0.15) is 5.10 Å². The normalized spacial score (nSPS) is 24.1. The summed E-state index contributed by atoms with van der Waals surface area (Å²) in [7, 11) is 0. The number of benzene rings is 2. The van der Waals surface area contributed by atoms with Crippen LogP contribution in [0.1, 0.15) is 56.9 Å². The van der Waals surface area contributed by atoms with E-state index in [1.807, 2.05) is 19.1 Å². The van der Waals surface area contributed by atoms with Crippen LogP contribution in [-0.2, 0) is 16.6 Å². The van der Waals surface area contributed by atoms with Crippen LogP contribution in [-0.4, -0.2) is 15.6 Å². The van der Waals surface area contributed by atoms with Gasteiger partial charge in [0, 0.05) is 22.5 Å². The topological polar surface area (TPSA) is 39.2 Å². The minimum atomic E-state index is -0.437. The SMILES string of the molecule is [C-]#[N+]C1=C[C@@]2(C)c3nn(-c4ccc(C(C)C)cc4)c(-c4ccccc4)c3CC[C@@H]2[C@@H](C)C1=O. The molecule has 3 atom stereocenters. The number of carbonyl (C=O) groups is 1. The molecule has 0 amide bonds. The zero-order chi connectivity index (χ0) is 23.3. The molecule has 2 aromatic carbocycles. The third kappa shape index (κ3) is 3.26. The van der Waals surface area contributed by atoms with Gasteiger partial charge in [0.05, 0.1) is 23.6 Å². The molecule has 0 N–H and O–H groups in total. The van der Waals surface area contributed by atoms with Gasteiger partial charge in [-0.3, -0.25) is 0 Å². The van der Waals surface area contributed by atoms with E-state index in [0.717, 1.165) is 35.5 Å². The molecule has 1 aromatic heterocycles. The molecule has 4 heteroatoms. The van der Waals surface area contributed by atoms with Crippen molar-refractivity contribution in [3.63, 3.8) is 0 Å². The van der Waals surface area contributed by atoms with Crippen molar-refractivity contribution in [1.29, 1.82) is 0 Å². The molecule has 2 aliphatic carbocycles. The van der Waals surface area contributed by atoms with Crippen LogP contribution in [0, 0.1) is 18.4 Å². The highest BCUT2D eigenvalue weighted by Crippen LogP contribution is 2.51. The van der Waals surface area contributed by atoms with E-state index in [4.69, 9.17) is 11.7 Å². The number of rotatable bonds is 3. The molecule has 33 heavy (non-hydrogen) atoms. The van der Waals surface area contributed by atoms with E-state index in [1.54, 1.807) is 0 Å². The highest BCUT2D eigenvalue weighted by molar-refractivity contribution is 6.00. The molecule has 0 radical (unpaired) electrons. The Morgan fingerprint density at radius 1 is 1.12 bits per heavy atom. The number of hydrogen-bond acceptors (Lipinski definition) is 2. The largest absolute Gasteiger partial charge is 0.308 e. The van der Waals surface area contributed by atoms with Crippen molar-refractivity contribution in [2.45, 2.75) is 51.9 Å². The van der Waals surface area contributed by atoms with Crippen LogP contribution in [0.15, 0.2) is 66.4 Å². The summed E-state index contributed by atoms with van der Waals surface area (Å²) in [6.07, 6.45) is 3.69. The lowest BCUT2D eigenvalue weighted by molar-refractivity contribution is -0.121. The van der Waals surface area contributed by atoms with Crippen molar-refractivity contribution in [1.82, 2.24) is 9.78 Å². The van der Waals surface area contributed by atoms with Crippen molar-refractivity contribution >= 4 is 5.78 Å². The van der Waals surface area contributed by atoms with Crippen LogP contribution >= 0.6 is 0 Å². The maximum absolute atomic E-state index is 12.8. The van der Waals surface area contributed by atoms with Crippen molar-refractivity contribution in [2.75, 3.05) is 0 Å². The van der Waals surface area contributed by atoms with Crippen molar-refractivity contribution < 1.29 is 4.79 Å². The van der Waals surface area contributed by atoms with Gasteiger partial charge in [0.15, 0.2) is 5.78 Å². The van der Waals surface area contributed by atoms with Gasteiger partial charge in [0.1, 0.15) is 0 Å². The molecule has 4 nitrogen and oxygen atoms in total. The maximum atomic E-state index is 12.8. The van der Waals surface area contributed by atoms with Crippen LogP contribution < -0.4 is 0 Å². The van der Waals surface area contributed by atoms with E-state index in [1.165, 1.54) is 11.1 Å². The fraction of sp³-hybridized carbons (Fsp3) is 0.345. The van der Waals surface area contributed by atoms with E-state index in [9.17, 15) is 4.79 Å². The second-order valence-corrected chi connectivity index (χ2v) is 9.92. The Kier molecular flexibility index (Phi) is 5.09. The Balaban J connectivity index is 1.76. The Morgan fingerprint density at radius 2 is 1.82 bits per heavy atom. The number of allylic oxidation sites excluding steroid dienone is 2. The fourth-order valence-electron chi connectivity index (χ4n) is 5.78. The van der Waals surface area contributed by atoms with Crippen LogP contribution in [0.5, 0.6) is 0 Å². The lowest BCUT2D eigenvalue weighted by Gasteiger charge is -2.44. The third-order valence-electron chi connectivity index (χ3n) is 7.65. The lowest BCUT2D eigenvalue weighted by Crippen LogP contribution is -2.45. The third-order valence-corrected chi connectivity index (χ3v) is 7.65. The molecule has 0 fully saturated rings. The first-order valence-corrected chi connectivity index (χ1v) is 11.8. The minimum Gasteiger partial charge on any atom is -0.308 e. The van der Waals surface area contributed by atoms with Crippen molar-refractivity contribution in [3.05, 3.63) is 94.6 Å². The second-order valence-electron chi connectivity index (χ2n) is 9.92. The fourth-order valence-corrected chi connectivity index (χ4v) is 5.78. The molecular weight excluding hydrogens is 406 g/mol. The number of fused-ring (bicyclic) bond motifs is 3. The lowest BCUT2D eigenvalue weighted by atomic mass is 9.58. The summed E-state index contributed by atoms with van der Waals surface area (Å²) in [5.74, 6) is 0.422. The predicted octanol–water partition coefficient (Wildman–Crippen LogP) is 6.50. The van der Waals surface area contributed by atoms with Gasteiger partial charge in [-0.1, -0.05) is 76.2 Å². The van der Waals surface area contributed by atoms with E-state index < -0.39 is 5.41 Å². The summed E-state index contributed by atoms with van der Waals surface area (Å²) in [5, 5.41) is 5.21. The number of nitrogens with zero attached hydrogens (tertiary/aromatic N) is 3. The van der Waals surface area contributed by atoms with Gasteiger partial charge >= 0.3 is 0 Å². The molecule has 0 saturated heterocycles. The van der Waals surface area contributed by atoms with Gasteiger partial charge in [-0.15, -0.1) is 0 Å². The zero-order valence-corrected chi connectivity index (χ0v) is 19.7. The van der Waals surface area contributed by atoms with E-state index in [2.05, 4.69) is 78.8 Å². The first kappa shape index (κ1) is 21.4. The Morgan fingerprint density at radius 3 is 2.45 bits per heavy atom. The summed E-state index contributed by atoms with van der Waals surface area (Å²) in [6, 6.07) is 19.1. The predicted molar refractivity (Wildman–Crippen MR) is 131 cm³/mol. The average Bonchev–Trinajstić information content (AvgIpc) is 3.23. The Bertz CT molecular complexity index is 1290. The number of hydrogen-bond donors (Lipinski definition) is 0. The maximum Gasteiger partial charge on any atom is 0.226 e. The summed E-state index contributed by atoms with van der Waals surface area (Å²) in [6.45, 7) is 16.1. The van der Waals surface area contributed by atoms with Crippen LogP contribution in [0.3, 0.4) is 0 Å². The Hall–Kier alpha value is -3.45. The first-order chi connectivity index (χ1) is 15.8. The second kappa shape index (κ2) is 7.85. The van der Waals surface area contributed by atoms with E-state index in [0.29, 0.717) is 5.92 Å². The average molecular weight is 436 g/mol. The quantitative estimate of drug-likeness (QED) is 0.440. The number of Topliss-reactive ketones (excluding diaryl/α,β-unsaturated/α-hetero) is 1. The highest BCUT2D eigenvalue weighted by Gasteiger charge is 2.50. The summed E-state index contributed by atoms with van der Waals surface area (Å²) < 4.78 is 2.07. The molecular formula is C29H29N3O.